The standard InChI is InChI=1S/C25H32ClN2O.2C13H8N4O4S.Co/c1-7-25(4)21-16-19(26)12-14-22(21)27(5)24(25)15-11-18-10-13-20(17-23(18)29-6)28(8-2)9-3;2*18-8-2-4-9(11(19)6-8)15-16-13-14-10-3-1-7(17(20)21)5-12(10)22-13;/h10-17H,7-9H2,1-6H3;2*1-6H,(H2,14,16,18,19);/q+1;;;/p-2. The average molecular weight is 1100 g/mol. The number of anilines is 1. The first-order valence-electron chi connectivity index (χ1n) is 22.4. The molecule has 1 atom stereocenters. The maximum atomic E-state index is 11.0. The van der Waals surface area contributed by atoms with Gasteiger partial charge in [-0.05, 0) is 92.9 Å². The predicted molar refractivity (Wildman–Crippen MR) is 285 cm³/mol. The number of fused-ring (bicyclic) bond motifs is 3. The van der Waals surface area contributed by atoms with Gasteiger partial charge in [0.05, 0.1) is 22.4 Å². The second kappa shape index (κ2) is 24.2. The summed E-state index contributed by atoms with van der Waals surface area (Å²) in [7, 11) is 3.87. The topological polar surface area (TPSA) is 254 Å². The molecule has 23 heteroatoms. The van der Waals surface area contributed by atoms with Crippen LogP contribution in [-0.4, -0.2) is 80.6 Å². The van der Waals surface area contributed by atoms with E-state index in [0.717, 1.165) is 70.7 Å². The van der Waals surface area contributed by atoms with E-state index in [0.29, 0.717) is 30.0 Å². The summed E-state index contributed by atoms with van der Waals surface area (Å²) >= 11 is 8.59. The molecular formula is C51H46ClCoN10O9S2-. The Balaban J connectivity index is 0.000000182. The van der Waals surface area contributed by atoms with E-state index in [4.69, 9.17) is 16.3 Å². The normalized spacial score (nSPS) is 17.5. The molecule has 0 saturated heterocycles. The molecule has 0 fully saturated rings. The van der Waals surface area contributed by atoms with Crippen molar-refractivity contribution in [2.24, 2.45) is 20.4 Å². The van der Waals surface area contributed by atoms with E-state index in [1.807, 2.05) is 6.07 Å². The van der Waals surface area contributed by atoms with Gasteiger partial charge < -0.3 is 40.0 Å². The summed E-state index contributed by atoms with van der Waals surface area (Å²) in [5.74, 6) is -0.306. The fraction of sp³-hybridized carbons (Fsp3) is 0.196. The molecule has 74 heavy (non-hydrogen) atoms. The summed E-state index contributed by atoms with van der Waals surface area (Å²) in [5.41, 5.74) is 7.37. The number of hydrogen-bond donors (Lipinski definition) is 2. The van der Waals surface area contributed by atoms with Gasteiger partial charge in [-0.25, -0.2) is 0 Å². The van der Waals surface area contributed by atoms with Crippen molar-refractivity contribution in [1.82, 2.24) is 9.97 Å². The number of rotatable bonds is 11. The Morgan fingerprint density at radius 2 is 1.28 bits per heavy atom. The molecule has 2 aliphatic carbocycles. The van der Waals surface area contributed by atoms with Crippen LogP contribution in [0.4, 0.5) is 22.7 Å². The van der Waals surface area contributed by atoms with Crippen LogP contribution in [0.3, 0.4) is 0 Å². The quantitative estimate of drug-likeness (QED) is 0.0532. The number of nitro groups is 2. The number of methoxy groups -OCH3 is 1. The molecule has 383 valence electrons. The molecule has 2 aromatic heterocycles. The first-order valence-corrected chi connectivity index (χ1v) is 24.4. The molecule has 3 heterocycles. The molecule has 0 amide bonds. The van der Waals surface area contributed by atoms with Crippen molar-refractivity contribution in [1.29, 1.82) is 0 Å². The van der Waals surface area contributed by atoms with E-state index in [9.17, 15) is 40.0 Å². The maximum Gasteiger partial charge on any atom is 0.270 e. The fourth-order valence-corrected chi connectivity index (χ4v) is 9.64. The molecule has 3 aliphatic rings. The van der Waals surface area contributed by atoms with E-state index < -0.39 is 9.85 Å². The Hall–Kier alpha value is -7.89. The maximum absolute atomic E-state index is 11.0. The molecule has 6 aromatic rings. The first kappa shape index (κ1) is 55.4. The number of benzene rings is 4. The number of allylic oxidation sites excluding steroid dienone is 7. The molecular weight excluding hydrogens is 1060 g/mol. The molecule has 1 aliphatic heterocycles. The molecule has 1 radical (unpaired) electrons. The van der Waals surface area contributed by atoms with Gasteiger partial charge in [-0.3, -0.25) is 40.0 Å². The summed E-state index contributed by atoms with van der Waals surface area (Å²) in [5, 5.41) is 56.8. The number of ketones is 2. The van der Waals surface area contributed by atoms with Crippen LogP contribution in [0.15, 0.2) is 147 Å². The number of aliphatic hydroxyl groups excluding tert-OH is 2. The number of non-ortho nitro benzene ring substituents is 2. The number of nitro benzene ring substituents is 2. The molecule has 19 nitrogen and oxygen atoms in total. The second-order valence-electron chi connectivity index (χ2n) is 16.2. The van der Waals surface area contributed by atoms with Crippen molar-refractivity contribution in [2.75, 3.05) is 32.1 Å². The van der Waals surface area contributed by atoms with Gasteiger partial charge >= 0.3 is 0 Å². The third kappa shape index (κ3) is 12.6. The first-order chi connectivity index (χ1) is 34.9. The van der Waals surface area contributed by atoms with E-state index >= 15 is 0 Å². The van der Waals surface area contributed by atoms with Crippen LogP contribution in [0.2, 0.25) is 5.02 Å². The minimum atomic E-state index is -0.483. The van der Waals surface area contributed by atoms with Crippen molar-refractivity contribution in [2.45, 2.75) is 39.5 Å². The Kier molecular flexibility index (Phi) is 18.1. The van der Waals surface area contributed by atoms with Gasteiger partial charge in [-0.1, -0.05) is 30.7 Å². The molecule has 0 saturated carbocycles. The molecule has 0 spiro atoms. The van der Waals surface area contributed by atoms with Gasteiger partial charge in [-0.15, -0.1) is 22.7 Å². The minimum absolute atomic E-state index is 0. The van der Waals surface area contributed by atoms with Gasteiger partial charge in [0.25, 0.3) is 11.4 Å². The number of carbonyl (C=O) groups is 2. The van der Waals surface area contributed by atoms with Crippen molar-refractivity contribution < 1.29 is 55.7 Å². The zero-order chi connectivity index (χ0) is 52.6. The number of thiazole rings is 2. The molecule has 9 rings (SSSR count). The van der Waals surface area contributed by atoms with Crippen LogP contribution in [0.1, 0.15) is 45.2 Å². The minimum Gasteiger partial charge on any atom is -0.506 e. The van der Waals surface area contributed by atoms with E-state index in [2.05, 4.69) is 117 Å². The predicted octanol–water partition coefficient (Wildman–Crippen LogP) is 9.51. The third-order valence-electron chi connectivity index (χ3n) is 11.8. The Morgan fingerprint density at radius 1 is 0.757 bits per heavy atom. The van der Waals surface area contributed by atoms with Crippen LogP contribution in [0.25, 0.3) is 26.5 Å². The number of carbonyl (C=O) groups excluding carboxylic acids is 2. The number of aromatic nitrogens is 2. The summed E-state index contributed by atoms with van der Waals surface area (Å²) in [4.78, 5) is 53.8. The van der Waals surface area contributed by atoms with E-state index in [-0.39, 0.29) is 68.1 Å². The molecule has 0 bridgehead atoms. The summed E-state index contributed by atoms with van der Waals surface area (Å²) in [6.07, 6.45) is 12.7. The van der Waals surface area contributed by atoms with Gasteiger partial charge in [0.1, 0.15) is 35.7 Å². The van der Waals surface area contributed by atoms with E-state index in [1.165, 1.54) is 83.4 Å². The smallest absolute Gasteiger partial charge is 0.270 e. The van der Waals surface area contributed by atoms with Crippen molar-refractivity contribution in [3.63, 3.8) is 0 Å². The molecule has 2 N–H and O–H groups in total. The number of ether oxygens (including phenoxy) is 1. The van der Waals surface area contributed by atoms with Crippen LogP contribution >= 0.6 is 34.3 Å². The largest absolute Gasteiger partial charge is 0.506 e. The van der Waals surface area contributed by atoms with Crippen LogP contribution in [-0.2, 0) is 31.8 Å². The third-order valence-corrected chi connectivity index (χ3v) is 13.9. The zero-order valence-electron chi connectivity index (χ0n) is 40.4. The number of halogens is 1. The van der Waals surface area contributed by atoms with Crippen LogP contribution < -0.4 is 29.2 Å². The molecule has 1 unspecified atom stereocenters. The number of aliphatic hydroxyl groups is 2. The summed E-state index contributed by atoms with van der Waals surface area (Å²) in [6, 6.07) is 21.3. The Bertz CT molecular complexity index is 3460. The number of hydrogen-bond acceptors (Lipinski definition) is 16. The van der Waals surface area contributed by atoms with Gasteiger partial charge in [0.15, 0.2) is 17.3 Å². The van der Waals surface area contributed by atoms with Gasteiger partial charge in [-0.2, -0.15) is 4.58 Å². The van der Waals surface area contributed by atoms with Crippen molar-refractivity contribution in [3.05, 3.63) is 173 Å². The van der Waals surface area contributed by atoms with Gasteiger partial charge in [0.2, 0.25) is 5.69 Å². The van der Waals surface area contributed by atoms with Crippen LogP contribution in [0, 0.1) is 20.2 Å². The number of nitrogens with zero attached hydrogens (tertiary/aromatic N) is 10. The van der Waals surface area contributed by atoms with Crippen molar-refractivity contribution in [3.8, 4) is 5.75 Å². The SMILES string of the molecule is CCN(CC)c1ccc(/C=C/C2=[N+](C)c3ccc(Cl)cc3C2(C)CC)c(OC)c1.O=C1C=CC(=NN=c2[n-]c3ccc([N+](=O)[O-])cc3s2)C(O)=C1.O=C1C=CC(=NN=c2[n-]c3ccc([N+](=O)[O-])cc3s2)C(O)=C1.[Co]. The Labute approximate surface area is 446 Å². The average Bonchev–Trinajstić information content (AvgIpc) is 4.05. The summed E-state index contributed by atoms with van der Waals surface area (Å²) < 4.78 is 9.21. The van der Waals surface area contributed by atoms with Crippen molar-refractivity contribution >= 4 is 112 Å². The van der Waals surface area contributed by atoms with Gasteiger partial charge in [0, 0.05) is 125 Å². The fourth-order valence-electron chi connectivity index (χ4n) is 7.82. The molecule has 4 aromatic carbocycles. The zero-order valence-corrected chi connectivity index (χ0v) is 43.9. The Morgan fingerprint density at radius 3 is 1.74 bits per heavy atom. The second-order valence-corrected chi connectivity index (χ2v) is 18.7. The van der Waals surface area contributed by atoms with Crippen LogP contribution in [0.5, 0.6) is 5.75 Å². The monoisotopic (exact) mass is 1100 g/mol. The van der Waals surface area contributed by atoms with E-state index in [1.54, 1.807) is 7.11 Å². The summed E-state index contributed by atoms with van der Waals surface area (Å²) in [6.45, 7) is 10.8.